The Balaban J connectivity index is 1.42. The second-order valence-corrected chi connectivity index (χ2v) is 8.36. The average Bonchev–Trinajstić information content (AvgIpc) is 2.75. The molecule has 152 valence electrons. The van der Waals surface area contributed by atoms with Crippen molar-refractivity contribution in [2.75, 3.05) is 6.61 Å². The molecule has 0 radical (unpaired) electrons. The van der Waals surface area contributed by atoms with Crippen LogP contribution in [0.5, 0.6) is 5.75 Å². The molecule has 0 atom stereocenters. The zero-order valence-electron chi connectivity index (χ0n) is 17.7. The van der Waals surface area contributed by atoms with E-state index < -0.39 is 0 Å². The third-order valence-electron chi connectivity index (χ3n) is 6.03. The molecule has 1 aromatic carbocycles. The highest BCUT2D eigenvalue weighted by molar-refractivity contribution is 5.58. The molecule has 1 aliphatic carbocycles. The van der Waals surface area contributed by atoms with Gasteiger partial charge in [-0.1, -0.05) is 58.8 Å². The Kier molecular flexibility index (Phi) is 8.32. The standard InChI is InChI=1S/C25H36N2O/c1-3-5-6-8-20-9-11-21(12-10-20)19-28-24-15-13-22(14-16-24)25-18-26-23(7-4-2)17-27-25/h13-18,20-21H,3-12,19H2,1-2H3. The molecule has 0 unspecified atom stereocenters. The number of benzene rings is 1. The van der Waals surface area contributed by atoms with Crippen molar-refractivity contribution >= 4 is 0 Å². The van der Waals surface area contributed by atoms with E-state index in [2.05, 4.69) is 48.1 Å². The predicted octanol–water partition coefficient (Wildman–Crippen LogP) is 6.86. The van der Waals surface area contributed by atoms with Crippen molar-refractivity contribution in [2.45, 2.75) is 78.1 Å². The van der Waals surface area contributed by atoms with Gasteiger partial charge in [-0.25, -0.2) is 0 Å². The van der Waals surface area contributed by atoms with Gasteiger partial charge in [0.15, 0.2) is 0 Å². The van der Waals surface area contributed by atoms with Crippen molar-refractivity contribution in [3.63, 3.8) is 0 Å². The fourth-order valence-electron chi connectivity index (χ4n) is 4.19. The summed E-state index contributed by atoms with van der Waals surface area (Å²) in [6, 6.07) is 8.30. The third kappa shape index (κ3) is 6.32. The normalized spacial score (nSPS) is 19.5. The molecule has 0 N–H and O–H groups in total. The van der Waals surface area contributed by atoms with Crippen molar-refractivity contribution in [1.29, 1.82) is 0 Å². The summed E-state index contributed by atoms with van der Waals surface area (Å²) in [4.78, 5) is 9.05. The van der Waals surface area contributed by atoms with Crippen molar-refractivity contribution in [3.05, 3.63) is 42.4 Å². The van der Waals surface area contributed by atoms with E-state index in [0.717, 1.165) is 54.0 Å². The summed E-state index contributed by atoms with van der Waals surface area (Å²) in [5.41, 5.74) is 3.08. The van der Waals surface area contributed by atoms with Crippen molar-refractivity contribution in [3.8, 4) is 17.0 Å². The first-order valence-corrected chi connectivity index (χ1v) is 11.3. The number of hydrogen-bond donors (Lipinski definition) is 0. The van der Waals surface area contributed by atoms with Crippen LogP contribution in [-0.2, 0) is 6.42 Å². The molecule has 2 aromatic rings. The number of nitrogens with zero attached hydrogens (tertiary/aromatic N) is 2. The van der Waals surface area contributed by atoms with Gasteiger partial charge in [0.25, 0.3) is 0 Å². The fraction of sp³-hybridized carbons (Fsp3) is 0.600. The van der Waals surface area contributed by atoms with Crippen LogP contribution < -0.4 is 4.74 Å². The SMILES string of the molecule is CCCCCC1CCC(COc2ccc(-c3cnc(CCC)cn3)cc2)CC1. The van der Waals surface area contributed by atoms with Gasteiger partial charge in [0, 0.05) is 11.8 Å². The summed E-state index contributed by atoms with van der Waals surface area (Å²) in [6.45, 7) is 5.30. The summed E-state index contributed by atoms with van der Waals surface area (Å²) in [5.74, 6) is 2.65. The van der Waals surface area contributed by atoms with E-state index in [9.17, 15) is 0 Å². The van der Waals surface area contributed by atoms with Crippen LogP contribution in [0.15, 0.2) is 36.7 Å². The molecule has 0 spiro atoms. The quantitative estimate of drug-likeness (QED) is 0.422. The largest absolute Gasteiger partial charge is 0.493 e. The predicted molar refractivity (Wildman–Crippen MR) is 117 cm³/mol. The second kappa shape index (κ2) is 11.2. The van der Waals surface area contributed by atoms with Crippen LogP contribution in [0.4, 0.5) is 0 Å². The third-order valence-corrected chi connectivity index (χ3v) is 6.03. The van der Waals surface area contributed by atoms with E-state index in [1.165, 1.54) is 51.4 Å². The van der Waals surface area contributed by atoms with Crippen LogP contribution >= 0.6 is 0 Å². The molecule has 3 heteroatoms. The minimum atomic E-state index is 0.721. The lowest BCUT2D eigenvalue weighted by Gasteiger charge is -2.28. The highest BCUT2D eigenvalue weighted by atomic mass is 16.5. The zero-order chi connectivity index (χ0) is 19.6. The number of hydrogen-bond acceptors (Lipinski definition) is 3. The number of unbranched alkanes of at least 4 members (excludes halogenated alkanes) is 2. The number of rotatable bonds is 10. The molecule has 0 bridgehead atoms. The average molecular weight is 381 g/mol. The minimum Gasteiger partial charge on any atom is -0.493 e. The van der Waals surface area contributed by atoms with Crippen LogP contribution in [0.3, 0.4) is 0 Å². The van der Waals surface area contributed by atoms with Crippen LogP contribution in [0.25, 0.3) is 11.3 Å². The summed E-state index contributed by atoms with van der Waals surface area (Å²) < 4.78 is 6.09. The van der Waals surface area contributed by atoms with Gasteiger partial charge in [-0.3, -0.25) is 9.97 Å². The molecular weight excluding hydrogens is 344 g/mol. The Morgan fingerprint density at radius 1 is 0.857 bits per heavy atom. The van der Waals surface area contributed by atoms with E-state index in [1.807, 2.05) is 12.4 Å². The van der Waals surface area contributed by atoms with Gasteiger partial charge < -0.3 is 4.74 Å². The highest BCUT2D eigenvalue weighted by Crippen LogP contribution is 2.32. The molecule has 0 aliphatic heterocycles. The molecule has 1 aromatic heterocycles. The van der Waals surface area contributed by atoms with Gasteiger partial charge in [-0.2, -0.15) is 0 Å². The lowest BCUT2D eigenvalue weighted by Crippen LogP contribution is -2.20. The van der Waals surface area contributed by atoms with Gasteiger partial charge in [-0.15, -0.1) is 0 Å². The Morgan fingerprint density at radius 2 is 1.61 bits per heavy atom. The lowest BCUT2D eigenvalue weighted by atomic mass is 9.80. The molecule has 3 rings (SSSR count). The smallest absolute Gasteiger partial charge is 0.119 e. The Labute approximate surface area is 171 Å². The van der Waals surface area contributed by atoms with E-state index in [4.69, 9.17) is 4.74 Å². The van der Waals surface area contributed by atoms with Crippen molar-refractivity contribution in [1.82, 2.24) is 9.97 Å². The van der Waals surface area contributed by atoms with Gasteiger partial charge >= 0.3 is 0 Å². The monoisotopic (exact) mass is 380 g/mol. The van der Waals surface area contributed by atoms with Gasteiger partial charge in [0.1, 0.15) is 5.75 Å². The van der Waals surface area contributed by atoms with Gasteiger partial charge in [-0.05, 0) is 55.4 Å². The highest BCUT2D eigenvalue weighted by Gasteiger charge is 2.21. The van der Waals surface area contributed by atoms with E-state index in [-0.39, 0.29) is 0 Å². The minimum absolute atomic E-state index is 0.721. The first-order chi connectivity index (χ1) is 13.8. The van der Waals surface area contributed by atoms with Crippen LogP contribution in [0.2, 0.25) is 0 Å². The van der Waals surface area contributed by atoms with Crippen LogP contribution in [-0.4, -0.2) is 16.6 Å². The van der Waals surface area contributed by atoms with Crippen molar-refractivity contribution < 1.29 is 4.74 Å². The van der Waals surface area contributed by atoms with E-state index in [0.29, 0.717) is 0 Å². The summed E-state index contributed by atoms with van der Waals surface area (Å²) in [6.07, 6.45) is 16.9. The summed E-state index contributed by atoms with van der Waals surface area (Å²) >= 11 is 0. The Bertz CT molecular complexity index is 673. The number of ether oxygens (including phenoxy) is 1. The maximum atomic E-state index is 6.09. The maximum absolute atomic E-state index is 6.09. The van der Waals surface area contributed by atoms with Crippen molar-refractivity contribution in [2.24, 2.45) is 11.8 Å². The number of aryl methyl sites for hydroxylation is 1. The zero-order valence-corrected chi connectivity index (χ0v) is 17.7. The maximum Gasteiger partial charge on any atom is 0.119 e. The molecule has 0 saturated heterocycles. The van der Waals surface area contributed by atoms with E-state index in [1.54, 1.807) is 0 Å². The first kappa shape index (κ1) is 20.8. The molecule has 1 heterocycles. The summed E-state index contributed by atoms with van der Waals surface area (Å²) in [5, 5.41) is 0. The topological polar surface area (TPSA) is 35.0 Å². The van der Waals surface area contributed by atoms with Crippen LogP contribution in [0.1, 0.15) is 77.3 Å². The fourth-order valence-corrected chi connectivity index (χ4v) is 4.19. The Hall–Kier alpha value is -1.90. The molecule has 1 fully saturated rings. The Morgan fingerprint density at radius 3 is 2.25 bits per heavy atom. The van der Waals surface area contributed by atoms with E-state index >= 15 is 0 Å². The molecule has 1 saturated carbocycles. The van der Waals surface area contributed by atoms with Gasteiger partial charge in [0.2, 0.25) is 0 Å². The molecule has 1 aliphatic rings. The molecule has 0 amide bonds. The van der Waals surface area contributed by atoms with Crippen LogP contribution in [0, 0.1) is 11.8 Å². The summed E-state index contributed by atoms with van der Waals surface area (Å²) in [7, 11) is 0. The molecular formula is C25H36N2O. The first-order valence-electron chi connectivity index (χ1n) is 11.3. The number of aromatic nitrogens is 2. The second-order valence-electron chi connectivity index (χ2n) is 8.36. The molecule has 28 heavy (non-hydrogen) atoms. The molecule has 3 nitrogen and oxygen atoms in total. The van der Waals surface area contributed by atoms with Gasteiger partial charge in [0.05, 0.1) is 24.2 Å². The lowest BCUT2D eigenvalue weighted by molar-refractivity contribution is 0.177.